The van der Waals surface area contributed by atoms with Crippen molar-refractivity contribution in [3.8, 4) is 0 Å². The van der Waals surface area contributed by atoms with Gasteiger partial charge in [0.05, 0.1) is 5.54 Å². The Morgan fingerprint density at radius 3 is 1.80 bits per heavy atom. The van der Waals surface area contributed by atoms with Gasteiger partial charge in [0.25, 0.3) is 0 Å². The van der Waals surface area contributed by atoms with Gasteiger partial charge < -0.3 is 9.64 Å². The van der Waals surface area contributed by atoms with Gasteiger partial charge in [0.15, 0.2) is 0 Å². The van der Waals surface area contributed by atoms with Gasteiger partial charge in [-0.2, -0.15) is 0 Å². The van der Waals surface area contributed by atoms with Crippen LogP contribution in [-0.4, -0.2) is 52.2 Å². The highest BCUT2D eigenvalue weighted by molar-refractivity contribution is 5.70. The summed E-state index contributed by atoms with van der Waals surface area (Å²) in [5.74, 6) is 0. The zero-order valence-corrected chi connectivity index (χ0v) is 14.0. The lowest BCUT2D eigenvalue weighted by Crippen LogP contribution is -2.67. The Labute approximate surface area is 123 Å². The second kappa shape index (κ2) is 4.90. The Kier molecular flexibility index (Phi) is 3.83. The molecule has 0 aromatic rings. The van der Waals surface area contributed by atoms with Crippen molar-refractivity contribution in [1.29, 1.82) is 0 Å². The van der Waals surface area contributed by atoms with Crippen LogP contribution in [0.15, 0.2) is 0 Å². The van der Waals surface area contributed by atoms with Crippen LogP contribution in [0.1, 0.15) is 60.8 Å². The van der Waals surface area contributed by atoms with E-state index in [1.165, 1.54) is 0 Å². The summed E-state index contributed by atoms with van der Waals surface area (Å²) in [6.07, 6.45) is 3.14. The molecule has 1 spiro atoms. The van der Waals surface area contributed by atoms with Gasteiger partial charge in [-0.1, -0.05) is 0 Å². The molecule has 2 heterocycles. The van der Waals surface area contributed by atoms with Crippen molar-refractivity contribution in [2.45, 2.75) is 77.5 Å². The average Bonchev–Trinajstić information content (AvgIpc) is 2.23. The molecule has 0 radical (unpaired) electrons. The molecule has 2 rings (SSSR count). The Balaban J connectivity index is 1.96. The second-order valence-corrected chi connectivity index (χ2v) is 8.26. The van der Waals surface area contributed by atoms with Gasteiger partial charge in [0, 0.05) is 25.2 Å². The van der Waals surface area contributed by atoms with E-state index in [0.717, 1.165) is 38.9 Å². The van der Waals surface area contributed by atoms with Crippen LogP contribution in [0.2, 0.25) is 0 Å². The molecule has 0 bridgehead atoms. The van der Waals surface area contributed by atoms with Crippen molar-refractivity contribution < 1.29 is 9.53 Å². The van der Waals surface area contributed by atoms with Gasteiger partial charge in [-0.3, -0.25) is 4.90 Å². The molecule has 20 heavy (non-hydrogen) atoms. The molecule has 0 atom stereocenters. The molecule has 0 aromatic carbocycles. The fourth-order valence-electron chi connectivity index (χ4n) is 3.26. The first kappa shape index (κ1) is 15.6. The SMILES string of the molecule is CC(C)(C)OC(=O)N1CCC12CCN(C(C)(C)C)CC2. The van der Waals surface area contributed by atoms with E-state index in [9.17, 15) is 4.79 Å². The summed E-state index contributed by atoms with van der Waals surface area (Å²) in [6, 6.07) is 0. The topological polar surface area (TPSA) is 32.8 Å². The normalized spacial score (nSPS) is 23.6. The number of likely N-dealkylation sites (tertiary alicyclic amines) is 2. The number of carbonyl (C=O) groups excluding carboxylic acids is 1. The molecule has 2 saturated heterocycles. The van der Waals surface area contributed by atoms with Crippen LogP contribution < -0.4 is 0 Å². The average molecular weight is 282 g/mol. The summed E-state index contributed by atoms with van der Waals surface area (Å²) in [5.41, 5.74) is -0.105. The predicted molar refractivity (Wildman–Crippen MR) is 80.8 cm³/mol. The standard InChI is InChI=1S/C16H30N2O2/c1-14(2,3)17-10-7-16(8-11-17)9-12-18(16)13(19)20-15(4,5)6/h7-12H2,1-6H3. The molecular weight excluding hydrogens is 252 g/mol. The molecule has 0 unspecified atom stereocenters. The zero-order valence-electron chi connectivity index (χ0n) is 14.0. The Bertz CT molecular complexity index is 371. The first-order valence-corrected chi connectivity index (χ1v) is 7.79. The van der Waals surface area contributed by atoms with E-state index < -0.39 is 5.60 Å². The van der Waals surface area contributed by atoms with Crippen molar-refractivity contribution in [1.82, 2.24) is 9.80 Å². The molecule has 0 saturated carbocycles. The van der Waals surface area contributed by atoms with E-state index in [0.29, 0.717) is 0 Å². The van der Waals surface area contributed by atoms with Crippen LogP contribution in [0.25, 0.3) is 0 Å². The lowest BCUT2D eigenvalue weighted by atomic mass is 9.76. The molecule has 4 heteroatoms. The summed E-state index contributed by atoms with van der Waals surface area (Å²) in [7, 11) is 0. The van der Waals surface area contributed by atoms with Crippen LogP contribution in [0, 0.1) is 0 Å². The number of carbonyl (C=O) groups is 1. The van der Waals surface area contributed by atoms with Gasteiger partial charge in [0.2, 0.25) is 0 Å². The number of rotatable bonds is 0. The van der Waals surface area contributed by atoms with E-state index in [2.05, 4.69) is 25.7 Å². The van der Waals surface area contributed by atoms with Gasteiger partial charge in [-0.25, -0.2) is 4.79 Å². The first-order valence-electron chi connectivity index (χ1n) is 7.79. The second-order valence-electron chi connectivity index (χ2n) is 8.26. The number of ether oxygens (including phenoxy) is 1. The van der Waals surface area contributed by atoms with E-state index in [1.807, 2.05) is 25.7 Å². The highest BCUT2D eigenvalue weighted by Gasteiger charge is 2.50. The highest BCUT2D eigenvalue weighted by Crippen LogP contribution is 2.41. The van der Waals surface area contributed by atoms with Crippen molar-refractivity contribution in [3.63, 3.8) is 0 Å². The molecule has 2 fully saturated rings. The Hall–Kier alpha value is -0.770. The van der Waals surface area contributed by atoms with Crippen LogP contribution in [-0.2, 0) is 4.74 Å². The number of hydrogen-bond donors (Lipinski definition) is 0. The molecule has 4 nitrogen and oxygen atoms in total. The van der Waals surface area contributed by atoms with E-state index in [1.54, 1.807) is 0 Å². The van der Waals surface area contributed by atoms with Gasteiger partial charge >= 0.3 is 6.09 Å². The van der Waals surface area contributed by atoms with Crippen molar-refractivity contribution in [3.05, 3.63) is 0 Å². The van der Waals surface area contributed by atoms with Crippen LogP contribution in [0.4, 0.5) is 4.79 Å². The number of piperidine rings is 1. The lowest BCUT2D eigenvalue weighted by molar-refractivity contribution is -0.0779. The Morgan fingerprint density at radius 2 is 1.45 bits per heavy atom. The third-order valence-electron chi connectivity index (χ3n) is 4.63. The summed E-state index contributed by atoms with van der Waals surface area (Å²) < 4.78 is 5.54. The Morgan fingerprint density at radius 1 is 0.950 bits per heavy atom. The van der Waals surface area contributed by atoms with Crippen molar-refractivity contribution in [2.24, 2.45) is 0 Å². The number of amides is 1. The number of nitrogens with zero attached hydrogens (tertiary/aromatic N) is 2. The summed E-state index contributed by atoms with van der Waals surface area (Å²) in [4.78, 5) is 16.8. The van der Waals surface area contributed by atoms with Gasteiger partial charge in [0.1, 0.15) is 5.60 Å². The monoisotopic (exact) mass is 282 g/mol. The van der Waals surface area contributed by atoms with Crippen LogP contribution in [0.3, 0.4) is 0 Å². The lowest BCUT2D eigenvalue weighted by Gasteiger charge is -2.57. The quantitative estimate of drug-likeness (QED) is 0.683. The largest absolute Gasteiger partial charge is 0.444 e. The van der Waals surface area contributed by atoms with Crippen molar-refractivity contribution >= 4 is 6.09 Å². The summed E-state index contributed by atoms with van der Waals surface area (Å²) in [6.45, 7) is 15.6. The third kappa shape index (κ3) is 3.11. The van der Waals surface area contributed by atoms with Gasteiger partial charge in [-0.15, -0.1) is 0 Å². The molecule has 2 aliphatic rings. The minimum atomic E-state index is -0.403. The maximum atomic E-state index is 12.3. The third-order valence-corrected chi connectivity index (χ3v) is 4.63. The zero-order chi connectivity index (χ0) is 15.2. The van der Waals surface area contributed by atoms with E-state index >= 15 is 0 Å². The molecule has 1 amide bonds. The first-order chi connectivity index (χ1) is 9.04. The van der Waals surface area contributed by atoms with Gasteiger partial charge in [-0.05, 0) is 60.8 Å². The predicted octanol–water partition coefficient (Wildman–Crippen LogP) is 3.26. The van der Waals surface area contributed by atoms with Crippen LogP contribution in [0.5, 0.6) is 0 Å². The molecule has 0 N–H and O–H groups in total. The summed E-state index contributed by atoms with van der Waals surface area (Å²) >= 11 is 0. The molecule has 0 aliphatic carbocycles. The maximum Gasteiger partial charge on any atom is 0.410 e. The minimum Gasteiger partial charge on any atom is -0.444 e. The fourth-order valence-corrected chi connectivity index (χ4v) is 3.26. The number of hydrogen-bond acceptors (Lipinski definition) is 3. The molecule has 0 aromatic heterocycles. The molecule has 116 valence electrons. The minimum absolute atomic E-state index is 0.0735. The maximum absolute atomic E-state index is 12.3. The van der Waals surface area contributed by atoms with E-state index in [4.69, 9.17) is 4.74 Å². The molecular formula is C16H30N2O2. The fraction of sp³-hybridized carbons (Fsp3) is 0.938. The van der Waals surface area contributed by atoms with E-state index in [-0.39, 0.29) is 17.2 Å². The van der Waals surface area contributed by atoms with Crippen LogP contribution >= 0.6 is 0 Å². The van der Waals surface area contributed by atoms with Crippen molar-refractivity contribution in [2.75, 3.05) is 19.6 Å². The smallest absolute Gasteiger partial charge is 0.410 e. The summed E-state index contributed by atoms with van der Waals surface area (Å²) in [5, 5.41) is 0. The molecule has 2 aliphatic heterocycles. The highest BCUT2D eigenvalue weighted by atomic mass is 16.6.